The molecule has 0 radical (unpaired) electrons. The molecule has 1 aromatic rings. The average Bonchev–Trinajstić information content (AvgIpc) is 2.36. The van der Waals surface area contributed by atoms with E-state index in [0.717, 1.165) is 6.42 Å². The maximum atomic E-state index is 12.7. The zero-order valence-electron chi connectivity index (χ0n) is 12.5. The van der Waals surface area contributed by atoms with Gasteiger partial charge in [-0.3, -0.25) is 0 Å². The van der Waals surface area contributed by atoms with Gasteiger partial charge in [-0.15, -0.1) is 0 Å². The largest absolute Gasteiger partial charge is 0.372 e. The second kappa shape index (κ2) is 6.87. The number of anilines is 1. The van der Waals surface area contributed by atoms with Gasteiger partial charge in [-0.05, 0) is 41.3 Å². The summed E-state index contributed by atoms with van der Waals surface area (Å²) in [6.45, 7) is 6.08. The van der Waals surface area contributed by atoms with Crippen molar-refractivity contribution in [2.45, 2.75) is 38.1 Å². The van der Waals surface area contributed by atoms with Crippen LogP contribution in [0.1, 0.15) is 27.2 Å². The van der Waals surface area contributed by atoms with Gasteiger partial charge >= 0.3 is 0 Å². The molecular formula is C13H22BrN3O2S. The molecule has 0 aliphatic heterocycles. The maximum Gasteiger partial charge on any atom is 0.246 e. The van der Waals surface area contributed by atoms with Gasteiger partial charge in [0.1, 0.15) is 10.7 Å². The molecule has 1 heterocycles. The van der Waals surface area contributed by atoms with Gasteiger partial charge in [0.25, 0.3) is 0 Å². The van der Waals surface area contributed by atoms with Crippen molar-refractivity contribution in [2.75, 3.05) is 19.4 Å². The highest BCUT2D eigenvalue weighted by Gasteiger charge is 2.28. The molecule has 0 fully saturated rings. The minimum absolute atomic E-state index is 0.0660. The summed E-state index contributed by atoms with van der Waals surface area (Å²) in [5, 5.41) is 2.83. The van der Waals surface area contributed by atoms with Crippen molar-refractivity contribution in [3.05, 3.63) is 16.7 Å². The van der Waals surface area contributed by atoms with Crippen molar-refractivity contribution in [2.24, 2.45) is 5.92 Å². The molecule has 1 atom stereocenters. The third-order valence-electron chi connectivity index (χ3n) is 3.15. The zero-order chi connectivity index (χ0) is 15.5. The molecule has 0 aliphatic rings. The summed E-state index contributed by atoms with van der Waals surface area (Å²) < 4.78 is 27.5. The Morgan fingerprint density at radius 1 is 1.40 bits per heavy atom. The van der Waals surface area contributed by atoms with Crippen LogP contribution in [0.3, 0.4) is 0 Å². The van der Waals surface area contributed by atoms with Crippen LogP contribution in [0.4, 0.5) is 5.82 Å². The summed E-state index contributed by atoms with van der Waals surface area (Å²) in [7, 11) is -0.297. The molecule has 1 unspecified atom stereocenters. The second-order valence-electron chi connectivity index (χ2n) is 5.25. The maximum absolute atomic E-state index is 12.7. The Kier molecular flexibility index (Phi) is 5.97. The highest BCUT2D eigenvalue weighted by atomic mass is 79.9. The summed E-state index contributed by atoms with van der Waals surface area (Å²) in [5.74, 6) is 0.795. The lowest BCUT2D eigenvalue weighted by molar-refractivity contribution is 0.338. The average molecular weight is 364 g/mol. The Morgan fingerprint density at radius 3 is 2.50 bits per heavy atom. The number of nitrogens with zero attached hydrogens (tertiary/aromatic N) is 2. The molecule has 20 heavy (non-hydrogen) atoms. The minimum Gasteiger partial charge on any atom is -0.372 e. The predicted octanol–water partition coefficient (Wildman–Crippen LogP) is 2.94. The van der Waals surface area contributed by atoms with Crippen molar-refractivity contribution >= 4 is 31.8 Å². The summed E-state index contributed by atoms with van der Waals surface area (Å²) in [5.41, 5.74) is 0. The highest BCUT2D eigenvalue weighted by Crippen LogP contribution is 2.27. The van der Waals surface area contributed by atoms with Crippen LogP contribution in [0, 0.1) is 5.92 Å². The molecule has 0 aromatic carbocycles. The fourth-order valence-electron chi connectivity index (χ4n) is 2.03. The molecule has 0 bridgehead atoms. The first kappa shape index (κ1) is 17.4. The molecule has 1 rings (SSSR count). The number of hydrogen-bond acceptors (Lipinski definition) is 4. The van der Waals surface area contributed by atoms with E-state index in [-0.39, 0.29) is 10.9 Å². The quantitative estimate of drug-likeness (QED) is 0.843. The monoisotopic (exact) mass is 363 g/mol. The van der Waals surface area contributed by atoms with Crippen molar-refractivity contribution in [3.63, 3.8) is 0 Å². The molecule has 114 valence electrons. The Bertz CT molecular complexity index is 561. The van der Waals surface area contributed by atoms with Crippen molar-refractivity contribution in [1.29, 1.82) is 0 Å². The smallest absolute Gasteiger partial charge is 0.246 e. The van der Waals surface area contributed by atoms with Crippen LogP contribution < -0.4 is 5.32 Å². The van der Waals surface area contributed by atoms with E-state index in [1.165, 1.54) is 4.31 Å². The lowest BCUT2D eigenvalue weighted by atomic mass is 10.1. The van der Waals surface area contributed by atoms with Crippen LogP contribution in [-0.2, 0) is 10.0 Å². The number of nitrogens with one attached hydrogen (secondary N) is 1. The molecule has 5 nitrogen and oxygen atoms in total. The topological polar surface area (TPSA) is 62.3 Å². The van der Waals surface area contributed by atoms with Crippen LogP contribution in [0.15, 0.2) is 21.6 Å². The van der Waals surface area contributed by atoms with Gasteiger partial charge < -0.3 is 5.32 Å². The van der Waals surface area contributed by atoms with Gasteiger partial charge in [-0.1, -0.05) is 13.8 Å². The van der Waals surface area contributed by atoms with Crippen LogP contribution in [0.2, 0.25) is 0 Å². The van der Waals surface area contributed by atoms with Gasteiger partial charge in [-0.25, -0.2) is 13.4 Å². The fraction of sp³-hybridized carbons (Fsp3) is 0.615. The normalized spacial score (nSPS) is 13.8. The fourth-order valence-corrected chi connectivity index (χ4v) is 4.06. The molecular weight excluding hydrogens is 342 g/mol. The lowest BCUT2D eigenvalue weighted by Gasteiger charge is -2.26. The third kappa shape index (κ3) is 3.93. The second-order valence-corrected chi connectivity index (χ2v) is 8.13. The molecule has 0 saturated carbocycles. The molecule has 0 spiro atoms. The summed E-state index contributed by atoms with van der Waals surface area (Å²) in [6, 6.07) is 1.51. The molecule has 0 saturated heterocycles. The SMILES string of the molecule is CNc1ncc(Br)cc1S(=O)(=O)N(C)C(C)CC(C)C. The third-order valence-corrected chi connectivity index (χ3v) is 5.57. The summed E-state index contributed by atoms with van der Waals surface area (Å²) in [6.07, 6.45) is 2.38. The van der Waals surface area contributed by atoms with Crippen LogP contribution in [0.5, 0.6) is 0 Å². The van der Waals surface area contributed by atoms with Crippen molar-refractivity contribution in [3.8, 4) is 0 Å². The van der Waals surface area contributed by atoms with Gasteiger partial charge in [-0.2, -0.15) is 4.31 Å². The van der Waals surface area contributed by atoms with E-state index in [2.05, 4.69) is 40.1 Å². The molecule has 0 amide bonds. The van der Waals surface area contributed by atoms with Crippen LogP contribution in [-0.4, -0.2) is 37.8 Å². The lowest BCUT2D eigenvalue weighted by Crippen LogP contribution is -2.36. The summed E-state index contributed by atoms with van der Waals surface area (Å²) in [4.78, 5) is 4.29. The van der Waals surface area contributed by atoms with Gasteiger partial charge in [0.15, 0.2) is 0 Å². The minimum atomic E-state index is -3.57. The Morgan fingerprint density at radius 2 is 2.00 bits per heavy atom. The van der Waals surface area contributed by atoms with E-state index in [1.807, 2.05) is 6.92 Å². The number of rotatable bonds is 6. The van der Waals surface area contributed by atoms with Crippen LogP contribution in [0.25, 0.3) is 0 Å². The Hall–Kier alpha value is -0.660. The first-order valence-electron chi connectivity index (χ1n) is 6.51. The standard InChI is InChI=1S/C13H22BrN3O2S/c1-9(2)6-10(3)17(5)20(18,19)12-7-11(14)8-16-13(12)15-4/h7-10H,6H2,1-5H3,(H,15,16). The summed E-state index contributed by atoms with van der Waals surface area (Å²) >= 11 is 3.27. The van der Waals surface area contributed by atoms with E-state index in [0.29, 0.717) is 16.2 Å². The molecule has 0 aliphatic carbocycles. The molecule has 1 N–H and O–H groups in total. The first-order valence-corrected chi connectivity index (χ1v) is 8.74. The van der Waals surface area contributed by atoms with E-state index < -0.39 is 10.0 Å². The molecule has 7 heteroatoms. The Balaban J connectivity index is 3.19. The number of hydrogen-bond donors (Lipinski definition) is 1. The van der Waals surface area contributed by atoms with E-state index >= 15 is 0 Å². The highest BCUT2D eigenvalue weighted by molar-refractivity contribution is 9.10. The van der Waals surface area contributed by atoms with Gasteiger partial charge in [0.05, 0.1) is 0 Å². The number of halogens is 1. The van der Waals surface area contributed by atoms with Crippen molar-refractivity contribution < 1.29 is 8.42 Å². The molecule has 1 aromatic heterocycles. The predicted molar refractivity (Wildman–Crippen MR) is 85.3 cm³/mol. The zero-order valence-corrected chi connectivity index (χ0v) is 14.9. The van der Waals surface area contributed by atoms with E-state index in [4.69, 9.17) is 0 Å². The van der Waals surface area contributed by atoms with Gasteiger partial charge in [0.2, 0.25) is 10.0 Å². The van der Waals surface area contributed by atoms with Crippen molar-refractivity contribution in [1.82, 2.24) is 9.29 Å². The van der Waals surface area contributed by atoms with Gasteiger partial charge in [0, 0.05) is 30.8 Å². The first-order chi connectivity index (χ1) is 9.20. The number of pyridine rings is 1. The van der Waals surface area contributed by atoms with E-state index in [1.54, 1.807) is 26.4 Å². The van der Waals surface area contributed by atoms with E-state index in [9.17, 15) is 8.42 Å². The number of aromatic nitrogens is 1. The number of sulfonamides is 1. The van der Waals surface area contributed by atoms with Crippen LogP contribution >= 0.6 is 15.9 Å². The Labute approximate surface area is 130 Å².